The third-order valence-electron chi connectivity index (χ3n) is 6.29. The summed E-state index contributed by atoms with van der Waals surface area (Å²) in [7, 11) is 9.30. The summed E-state index contributed by atoms with van der Waals surface area (Å²) in [6, 6.07) is 7.41. The van der Waals surface area contributed by atoms with E-state index in [1.165, 1.54) is 6.08 Å². The smallest absolute Gasteiger partial charge is 0.203 e. The van der Waals surface area contributed by atoms with Gasteiger partial charge in [-0.15, -0.1) is 0 Å². The van der Waals surface area contributed by atoms with Gasteiger partial charge < -0.3 is 33.2 Å². The molecule has 0 saturated heterocycles. The number of ether oxygens (including phenoxy) is 6. The van der Waals surface area contributed by atoms with Crippen LogP contribution in [0.2, 0.25) is 0 Å². The van der Waals surface area contributed by atoms with E-state index in [0.29, 0.717) is 34.5 Å². The van der Waals surface area contributed by atoms with Gasteiger partial charge in [-0.2, -0.15) is 0 Å². The molecule has 1 aliphatic carbocycles. The monoisotopic (exact) mass is 496 g/mol. The summed E-state index contributed by atoms with van der Waals surface area (Å²) in [5.41, 5.74) is 2.46. The molecule has 3 atom stereocenters. The summed E-state index contributed by atoms with van der Waals surface area (Å²) in [6.45, 7) is 0. The van der Waals surface area contributed by atoms with E-state index in [2.05, 4.69) is 0 Å². The van der Waals surface area contributed by atoms with E-state index >= 15 is 0 Å². The highest BCUT2D eigenvalue weighted by Gasteiger charge is 2.45. The fourth-order valence-corrected chi connectivity index (χ4v) is 4.51. The first-order chi connectivity index (χ1) is 17.5. The third kappa shape index (κ3) is 5.48. The van der Waals surface area contributed by atoms with Crippen molar-refractivity contribution in [3.05, 3.63) is 53.1 Å². The Morgan fingerprint density at radius 1 is 0.778 bits per heavy atom. The van der Waals surface area contributed by atoms with E-state index in [9.17, 15) is 9.59 Å². The number of aldehydes is 2. The maximum atomic E-state index is 11.7. The number of carbonyl (C=O) groups is 2. The first-order valence-corrected chi connectivity index (χ1v) is 11.4. The number of methoxy groups -OCH3 is 6. The minimum atomic E-state index is -0.232. The molecule has 0 heterocycles. The Hall–Kier alpha value is -3.94. The number of hydrogen-bond acceptors (Lipinski definition) is 8. The lowest BCUT2D eigenvalue weighted by atomic mass is 9.84. The summed E-state index contributed by atoms with van der Waals surface area (Å²) >= 11 is 0. The number of carbonyl (C=O) groups excluding carboxylic acids is 2. The molecule has 192 valence electrons. The molecule has 1 saturated carbocycles. The van der Waals surface area contributed by atoms with Crippen molar-refractivity contribution in [2.75, 3.05) is 42.7 Å². The lowest BCUT2D eigenvalue weighted by Gasteiger charge is -2.22. The maximum absolute atomic E-state index is 11.7. The maximum Gasteiger partial charge on any atom is 0.203 e. The van der Waals surface area contributed by atoms with E-state index in [-0.39, 0.29) is 17.8 Å². The standard InChI is InChI=1S/C28H32O8/c1-31-22-11-17(12-23(32-2)27(22)35-5)10-18(8-7-9-29)26(21-13-20(21)16-30)19-14-24(33-3)28(36-6)25(15-19)34-4/h7-12,14-16,20-21,26H,13H2,1-6H3/b8-7+,18-10+. The van der Waals surface area contributed by atoms with Crippen molar-refractivity contribution < 1.29 is 38.0 Å². The Morgan fingerprint density at radius 3 is 1.67 bits per heavy atom. The summed E-state index contributed by atoms with van der Waals surface area (Å²) in [5.74, 6) is 2.68. The topological polar surface area (TPSA) is 89.5 Å². The van der Waals surface area contributed by atoms with Crippen LogP contribution in [-0.4, -0.2) is 55.2 Å². The number of rotatable bonds is 13. The lowest BCUT2D eigenvalue weighted by molar-refractivity contribution is -0.109. The van der Waals surface area contributed by atoms with Crippen molar-refractivity contribution >= 4 is 18.6 Å². The second kappa shape index (κ2) is 12.2. The first kappa shape index (κ1) is 26.7. The van der Waals surface area contributed by atoms with Crippen LogP contribution >= 0.6 is 0 Å². The molecule has 0 aliphatic heterocycles. The molecule has 0 amide bonds. The quantitative estimate of drug-likeness (QED) is 0.228. The zero-order valence-corrected chi connectivity index (χ0v) is 21.4. The van der Waals surface area contributed by atoms with Gasteiger partial charge in [0, 0.05) is 11.8 Å². The van der Waals surface area contributed by atoms with Gasteiger partial charge in [0.2, 0.25) is 11.5 Å². The molecule has 36 heavy (non-hydrogen) atoms. The molecule has 8 heteroatoms. The van der Waals surface area contributed by atoms with Crippen molar-refractivity contribution in [1.29, 1.82) is 0 Å². The molecule has 0 N–H and O–H groups in total. The molecule has 3 unspecified atom stereocenters. The van der Waals surface area contributed by atoms with Gasteiger partial charge in [0.15, 0.2) is 23.0 Å². The van der Waals surface area contributed by atoms with Crippen LogP contribution in [0.4, 0.5) is 0 Å². The number of hydrogen-bond donors (Lipinski definition) is 0. The first-order valence-electron chi connectivity index (χ1n) is 11.4. The molecule has 2 aromatic rings. The van der Waals surface area contributed by atoms with E-state index in [0.717, 1.165) is 35.7 Å². The molecule has 0 spiro atoms. The highest BCUT2D eigenvalue weighted by Crippen LogP contribution is 2.53. The highest BCUT2D eigenvalue weighted by molar-refractivity contribution is 5.72. The summed E-state index contributed by atoms with van der Waals surface area (Å²) in [6.07, 6.45) is 7.57. The third-order valence-corrected chi connectivity index (χ3v) is 6.29. The van der Waals surface area contributed by atoms with Crippen molar-refractivity contribution in [3.8, 4) is 34.5 Å². The van der Waals surface area contributed by atoms with Gasteiger partial charge in [0.25, 0.3) is 0 Å². The van der Waals surface area contributed by atoms with Gasteiger partial charge in [-0.3, -0.25) is 4.79 Å². The Labute approximate surface area is 211 Å². The van der Waals surface area contributed by atoms with Gasteiger partial charge in [-0.1, -0.05) is 12.2 Å². The van der Waals surface area contributed by atoms with E-state index in [1.54, 1.807) is 48.7 Å². The Balaban J connectivity index is 2.24. The fraction of sp³-hybridized carbons (Fsp3) is 0.357. The number of benzene rings is 2. The second-order valence-electron chi connectivity index (χ2n) is 8.23. The molecule has 0 aromatic heterocycles. The zero-order chi connectivity index (χ0) is 26.2. The largest absolute Gasteiger partial charge is 0.493 e. The van der Waals surface area contributed by atoms with E-state index in [1.807, 2.05) is 30.3 Å². The zero-order valence-electron chi connectivity index (χ0n) is 21.4. The minimum absolute atomic E-state index is 0.0369. The molecule has 1 fully saturated rings. The molecular formula is C28H32O8. The van der Waals surface area contributed by atoms with Crippen molar-refractivity contribution in [2.24, 2.45) is 11.8 Å². The summed E-state index contributed by atoms with van der Waals surface area (Å²) in [4.78, 5) is 23.0. The molecule has 1 aliphatic rings. The van der Waals surface area contributed by atoms with Crippen LogP contribution in [0.15, 0.2) is 42.0 Å². The van der Waals surface area contributed by atoms with E-state index in [4.69, 9.17) is 28.4 Å². The fourth-order valence-electron chi connectivity index (χ4n) is 4.51. The molecule has 8 nitrogen and oxygen atoms in total. The van der Waals surface area contributed by atoms with Gasteiger partial charge in [-0.05, 0) is 59.4 Å². The predicted octanol–water partition coefficient (Wildman–Crippen LogP) is 4.50. The Bertz CT molecular complexity index is 1100. The SMILES string of the molecule is COc1cc(/C=C(\C=C\C=O)C(c2cc(OC)c(OC)c(OC)c2)C2CC2C=O)cc(OC)c1OC. The van der Waals surface area contributed by atoms with Crippen molar-refractivity contribution in [2.45, 2.75) is 12.3 Å². The van der Waals surface area contributed by atoms with Crippen LogP contribution in [0.3, 0.4) is 0 Å². The van der Waals surface area contributed by atoms with Gasteiger partial charge in [0.05, 0.1) is 42.7 Å². The van der Waals surface area contributed by atoms with Gasteiger partial charge in [0.1, 0.15) is 12.6 Å². The van der Waals surface area contributed by atoms with Crippen LogP contribution < -0.4 is 28.4 Å². The van der Waals surface area contributed by atoms with Crippen molar-refractivity contribution in [1.82, 2.24) is 0 Å². The lowest BCUT2D eigenvalue weighted by Crippen LogP contribution is -2.08. The molecule has 3 rings (SSSR count). The second-order valence-corrected chi connectivity index (χ2v) is 8.23. The minimum Gasteiger partial charge on any atom is -0.493 e. The highest BCUT2D eigenvalue weighted by atomic mass is 16.5. The Morgan fingerprint density at radius 2 is 1.28 bits per heavy atom. The van der Waals surface area contributed by atoms with Crippen LogP contribution in [0.1, 0.15) is 23.5 Å². The summed E-state index contributed by atoms with van der Waals surface area (Å²) in [5, 5.41) is 0. The van der Waals surface area contributed by atoms with Crippen LogP contribution in [0, 0.1) is 11.8 Å². The number of allylic oxidation sites excluding steroid dienone is 3. The predicted molar refractivity (Wildman–Crippen MR) is 136 cm³/mol. The van der Waals surface area contributed by atoms with Gasteiger partial charge in [-0.25, -0.2) is 0 Å². The van der Waals surface area contributed by atoms with Crippen LogP contribution in [-0.2, 0) is 9.59 Å². The molecule has 2 aromatic carbocycles. The van der Waals surface area contributed by atoms with Gasteiger partial charge >= 0.3 is 0 Å². The average molecular weight is 497 g/mol. The summed E-state index contributed by atoms with van der Waals surface area (Å²) < 4.78 is 33.1. The van der Waals surface area contributed by atoms with Crippen LogP contribution in [0.25, 0.3) is 6.08 Å². The molecule has 0 bridgehead atoms. The molecular weight excluding hydrogens is 464 g/mol. The van der Waals surface area contributed by atoms with Crippen LogP contribution in [0.5, 0.6) is 34.5 Å². The average Bonchev–Trinajstić information content (AvgIpc) is 3.69. The Kier molecular flexibility index (Phi) is 9.00. The van der Waals surface area contributed by atoms with E-state index < -0.39 is 0 Å². The molecule has 0 radical (unpaired) electrons. The normalized spacial score (nSPS) is 17.8. The van der Waals surface area contributed by atoms with Crippen molar-refractivity contribution in [3.63, 3.8) is 0 Å².